The lowest BCUT2D eigenvalue weighted by atomic mass is 9.82. The normalized spacial score (nSPS) is 25.7. The molecule has 3 unspecified atom stereocenters. The lowest BCUT2D eigenvalue weighted by Crippen LogP contribution is -2.15. The summed E-state index contributed by atoms with van der Waals surface area (Å²) >= 11 is 3.85. The number of halogens is 1. The SMILES string of the molecule is CCC(C)(C)c1ccc(C(Br)C2CC2C)cc1. The zero-order chi connectivity index (χ0) is 12.6. The summed E-state index contributed by atoms with van der Waals surface area (Å²) in [5.41, 5.74) is 3.19. The highest BCUT2D eigenvalue weighted by atomic mass is 79.9. The van der Waals surface area contributed by atoms with Crippen molar-refractivity contribution in [2.24, 2.45) is 11.8 Å². The van der Waals surface area contributed by atoms with Crippen molar-refractivity contribution in [3.8, 4) is 0 Å². The van der Waals surface area contributed by atoms with E-state index in [0.717, 1.165) is 11.8 Å². The van der Waals surface area contributed by atoms with Crippen molar-refractivity contribution < 1.29 is 0 Å². The molecule has 0 amide bonds. The molecule has 0 radical (unpaired) electrons. The van der Waals surface area contributed by atoms with Gasteiger partial charge in [-0.1, -0.05) is 67.9 Å². The molecule has 1 aliphatic rings. The molecule has 1 saturated carbocycles. The summed E-state index contributed by atoms with van der Waals surface area (Å²) in [7, 11) is 0. The van der Waals surface area contributed by atoms with Crippen LogP contribution in [0.15, 0.2) is 24.3 Å². The van der Waals surface area contributed by atoms with E-state index in [1.54, 1.807) is 0 Å². The molecule has 1 aromatic rings. The molecule has 1 aliphatic carbocycles. The Hall–Kier alpha value is -0.300. The van der Waals surface area contributed by atoms with Gasteiger partial charge in [-0.15, -0.1) is 0 Å². The highest BCUT2D eigenvalue weighted by Gasteiger charge is 2.38. The van der Waals surface area contributed by atoms with Gasteiger partial charge in [-0.25, -0.2) is 0 Å². The van der Waals surface area contributed by atoms with Crippen LogP contribution in [0.4, 0.5) is 0 Å². The Kier molecular flexibility index (Phi) is 3.68. The topological polar surface area (TPSA) is 0 Å². The van der Waals surface area contributed by atoms with Crippen molar-refractivity contribution in [2.45, 2.75) is 50.8 Å². The molecule has 0 heterocycles. The standard InChI is InChI=1S/C16H23Br/c1-5-16(3,4)13-8-6-12(7-9-13)15(17)14-10-11(14)2/h6-9,11,14-15H,5,10H2,1-4H3. The maximum absolute atomic E-state index is 3.85. The Labute approximate surface area is 114 Å². The van der Waals surface area contributed by atoms with Crippen LogP contribution < -0.4 is 0 Å². The summed E-state index contributed by atoms with van der Waals surface area (Å²) in [4.78, 5) is 0.552. The molecular weight excluding hydrogens is 272 g/mol. The Balaban J connectivity index is 2.13. The van der Waals surface area contributed by atoms with Gasteiger partial charge in [0, 0.05) is 4.83 Å². The summed E-state index contributed by atoms with van der Waals surface area (Å²) < 4.78 is 0. The molecule has 3 atom stereocenters. The Bertz CT molecular complexity index is 377. The fourth-order valence-corrected chi connectivity index (χ4v) is 3.37. The fraction of sp³-hybridized carbons (Fsp3) is 0.625. The van der Waals surface area contributed by atoms with Crippen molar-refractivity contribution in [3.63, 3.8) is 0 Å². The first-order valence-electron chi connectivity index (χ1n) is 6.70. The van der Waals surface area contributed by atoms with E-state index in [4.69, 9.17) is 0 Å². The minimum Gasteiger partial charge on any atom is -0.0836 e. The quantitative estimate of drug-likeness (QED) is 0.646. The van der Waals surface area contributed by atoms with Crippen molar-refractivity contribution >= 4 is 15.9 Å². The van der Waals surface area contributed by atoms with Crippen LogP contribution in [0.2, 0.25) is 0 Å². The van der Waals surface area contributed by atoms with E-state index < -0.39 is 0 Å². The summed E-state index contributed by atoms with van der Waals surface area (Å²) in [5, 5.41) is 0. The van der Waals surface area contributed by atoms with E-state index in [2.05, 4.69) is 67.9 Å². The molecular formula is C16H23Br. The summed E-state index contributed by atoms with van der Waals surface area (Å²) in [6.45, 7) is 9.23. The molecule has 94 valence electrons. The van der Waals surface area contributed by atoms with E-state index in [0.29, 0.717) is 10.2 Å². The average molecular weight is 295 g/mol. The number of hydrogen-bond donors (Lipinski definition) is 0. The van der Waals surface area contributed by atoms with Gasteiger partial charge in [0.2, 0.25) is 0 Å². The monoisotopic (exact) mass is 294 g/mol. The molecule has 2 rings (SSSR count). The van der Waals surface area contributed by atoms with Crippen LogP contribution in [0.25, 0.3) is 0 Å². The van der Waals surface area contributed by atoms with Crippen molar-refractivity contribution in [1.29, 1.82) is 0 Å². The first-order chi connectivity index (χ1) is 7.95. The summed E-state index contributed by atoms with van der Waals surface area (Å²) in [5.74, 6) is 1.74. The van der Waals surface area contributed by atoms with Gasteiger partial charge in [0.25, 0.3) is 0 Å². The minimum atomic E-state index is 0.299. The molecule has 1 aromatic carbocycles. The molecule has 0 aromatic heterocycles. The first-order valence-corrected chi connectivity index (χ1v) is 7.62. The Morgan fingerprint density at radius 1 is 1.29 bits per heavy atom. The number of hydrogen-bond acceptors (Lipinski definition) is 0. The number of benzene rings is 1. The summed E-state index contributed by atoms with van der Waals surface area (Å²) in [6, 6.07) is 9.22. The van der Waals surface area contributed by atoms with Crippen molar-refractivity contribution in [1.82, 2.24) is 0 Å². The first kappa shape index (κ1) is 13.1. The molecule has 0 bridgehead atoms. The zero-order valence-electron chi connectivity index (χ0n) is 11.3. The van der Waals surface area contributed by atoms with Crippen molar-refractivity contribution in [3.05, 3.63) is 35.4 Å². The third-order valence-electron chi connectivity index (χ3n) is 4.44. The molecule has 0 N–H and O–H groups in total. The van der Waals surface area contributed by atoms with Gasteiger partial charge in [-0.05, 0) is 41.2 Å². The smallest absolute Gasteiger partial charge is 0.0426 e. The highest BCUT2D eigenvalue weighted by molar-refractivity contribution is 9.09. The third-order valence-corrected chi connectivity index (χ3v) is 5.65. The largest absolute Gasteiger partial charge is 0.0836 e. The van der Waals surface area contributed by atoms with Gasteiger partial charge >= 0.3 is 0 Å². The fourth-order valence-electron chi connectivity index (χ4n) is 2.33. The molecule has 0 aliphatic heterocycles. The highest BCUT2D eigenvalue weighted by Crippen LogP contribution is 2.51. The Morgan fingerprint density at radius 3 is 2.24 bits per heavy atom. The van der Waals surface area contributed by atoms with Crippen LogP contribution in [-0.2, 0) is 5.41 Å². The van der Waals surface area contributed by atoms with Crippen LogP contribution >= 0.6 is 15.9 Å². The van der Waals surface area contributed by atoms with Gasteiger partial charge in [0.1, 0.15) is 0 Å². The van der Waals surface area contributed by atoms with E-state index in [1.165, 1.54) is 24.0 Å². The molecule has 1 heteroatoms. The second-order valence-corrected chi connectivity index (χ2v) is 7.12. The minimum absolute atomic E-state index is 0.299. The second-order valence-electron chi connectivity index (χ2n) is 6.14. The van der Waals surface area contributed by atoms with Gasteiger partial charge in [0.15, 0.2) is 0 Å². The van der Waals surface area contributed by atoms with Crippen molar-refractivity contribution in [2.75, 3.05) is 0 Å². The van der Waals surface area contributed by atoms with E-state index in [1.807, 2.05) is 0 Å². The third kappa shape index (κ3) is 2.76. The lowest BCUT2D eigenvalue weighted by molar-refractivity contribution is 0.506. The van der Waals surface area contributed by atoms with E-state index in [9.17, 15) is 0 Å². The average Bonchev–Trinajstić information content (AvgIpc) is 3.05. The maximum atomic E-state index is 3.85. The van der Waals surface area contributed by atoms with Gasteiger partial charge in [-0.3, -0.25) is 0 Å². The van der Waals surface area contributed by atoms with Gasteiger partial charge < -0.3 is 0 Å². The molecule has 17 heavy (non-hydrogen) atoms. The van der Waals surface area contributed by atoms with Crippen LogP contribution in [0, 0.1) is 11.8 Å². The molecule has 1 fully saturated rings. The van der Waals surface area contributed by atoms with E-state index in [-0.39, 0.29) is 0 Å². The van der Waals surface area contributed by atoms with E-state index >= 15 is 0 Å². The van der Waals surface area contributed by atoms with Crippen LogP contribution in [0.3, 0.4) is 0 Å². The van der Waals surface area contributed by atoms with Gasteiger partial charge in [-0.2, -0.15) is 0 Å². The predicted molar refractivity (Wildman–Crippen MR) is 78.7 cm³/mol. The summed E-state index contributed by atoms with van der Waals surface area (Å²) in [6.07, 6.45) is 2.56. The van der Waals surface area contributed by atoms with Gasteiger partial charge in [0.05, 0.1) is 0 Å². The number of alkyl halides is 1. The molecule has 0 nitrogen and oxygen atoms in total. The maximum Gasteiger partial charge on any atom is 0.0426 e. The van der Waals surface area contributed by atoms with Crippen LogP contribution in [0.5, 0.6) is 0 Å². The van der Waals surface area contributed by atoms with Crippen LogP contribution in [0.1, 0.15) is 56.5 Å². The van der Waals surface area contributed by atoms with Crippen LogP contribution in [-0.4, -0.2) is 0 Å². The zero-order valence-corrected chi connectivity index (χ0v) is 12.9. The second kappa shape index (κ2) is 4.76. The molecule has 0 saturated heterocycles. The molecule has 0 spiro atoms. The number of rotatable bonds is 4. The predicted octanol–water partition coefficient (Wildman–Crippen LogP) is 5.47. The lowest BCUT2D eigenvalue weighted by Gasteiger charge is -2.24. The Morgan fingerprint density at radius 2 is 1.82 bits per heavy atom.